The van der Waals surface area contributed by atoms with E-state index >= 15 is 0 Å². The first-order chi connectivity index (χ1) is 11.1. The molecule has 10 nitrogen and oxygen atoms in total. The van der Waals surface area contributed by atoms with Gasteiger partial charge in [-0.1, -0.05) is 0 Å². The molecule has 118 valence electrons. The van der Waals surface area contributed by atoms with E-state index in [-0.39, 0.29) is 16.9 Å². The molecule has 0 radical (unpaired) electrons. The van der Waals surface area contributed by atoms with Gasteiger partial charge in [-0.2, -0.15) is 0 Å². The van der Waals surface area contributed by atoms with Crippen LogP contribution in [0.15, 0.2) is 29.6 Å². The molecule has 0 aliphatic carbocycles. The Balaban J connectivity index is 1.68. The van der Waals surface area contributed by atoms with E-state index in [1.165, 1.54) is 17.0 Å². The van der Waals surface area contributed by atoms with Gasteiger partial charge in [0.2, 0.25) is 5.65 Å². The Morgan fingerprint density at radius 2 is 2.09 bits per heavy atom. The maximum atomic E-state index is 11.9. The molecule has 0 unspecified atom stereocenters. The van der Waals surface area contributed by atoms with Crippen LogP contribution in [0.25, 0.3) is 5.65 Å². The van der Waals surface area contributed by atoms with Crippen molar-refractivity contribution >= 4 is 17.4 Å². The predicted octanol–water partition coefficient (Wildman–Crippen LogP) is -0.429. The summed E-state index contributed by atoms with van der Waals surface area (Å²) in [5.41, 5.74) is -0.0558. The van der Waals surface area contributed by atoms with E-state index in [1.54, 1.807) is 23.8 Å². The van der Waals surface area contributed by atoms with E-state index in [2.05, 4.69) is 25.5 Å². The van der Waals surface area contributed by atoms with Crippen molar-refractivity contribution in [1.29, 1.82) is 0 Å². The zero-order valence-electron chi connectivity index (χ0n) is 12.2. The summed E-state index contributed by atoms with van der Waals surface area (Å²) in [4.78, 5) is 30.3. The highest BCUT2D eigenvalue weighted by atomic mass is 16.4. The summed E-state index contributed by atoms with van der Waals surface area (Å²) < 4.78 is 3.08. The van der Waals surface area contributed by atoms with Crippen molar-refractivity contribution in [3.63, 3.8) is 0 Å². The van der Waals surface area contributed by atoms with Crippen LogP contribution < -0.4 is 10.9 Å². The summed E-state index contributed by atoms with van der Waals surface area (Å²) in [6, 6.07) is 0. The number of carboxylic acids is 1. The molecule has 3 aromatic rings. The third kappa shape index (κ3) is 2.86. The van der Waals surface area contributed by atoms with Gasteiger partial charge in [-0.05, 0) is 0 Å². The molecule has 23 heavy (non-hydrogen) atoms. The Kier molecular flexibility index (Phi) is 3.71. The second-order valence-electron chi connectivity index (χ2n) is 4.79. The topological polar surface area (TPSA) is 127 Å². The van der Waals surface area contributed by atoms with E-state index < -0.39 is 5.97 Å². The monoisotopic (exact) mass is 315 g/mol. The molecule has 0 saturated heterocycles. The highest BCUT2D eigenvalue weighted by Gasteiger charge is 2.09. The number of fused-ring (bicyclic) bond motifs is 1. The van der Waals surface area contributed by atoms with Crippen LogP contribution in [-0.4, -0.2) is 46.8 Å². The normalized spacial score (nSPS) is 10.8. The molecule has 0 aliphatic rings. The Morgan fingerprint density at radius 1 is 1.26 bits per heavy atom. The number of aromatic carboxylic acids is 1. The Bertz CT molecular complexity index is 913. The van der Waals surface area contributed by atoms with E-state index in [9.17, 15) is 9.59 Å². The van der Waals surface area contributed by atoms with Gasteiger partial charge in [0.05, 0.1) is 12.4 Å². The lowest BCUT2D eigenvalue weighted by molar-refractivity contribution is 0.0690. The molecule has 3 heterocycles. The minimum absolute atomic E-state index is 0.116. The van der Waals surface area contributed by atoms with Crippen LogP contribution in [0.1, 0.15) is 16.3 Å². The number of anilines is 1. The van der Waals surface area contributed by atoms with Crippen molar-refractivity contribution in [3.05, 3.63) is 46.7 Å². The minimum Gasteiger partial charge on any atom is -0.476 e. The van der Waals surface area contributed by atoms with Gasteiger partial charge in [-0.3, -0.25) is 9.20 Å². The van der Waals surface area contributed by atoms with Gasteiger partial charge < -0.3 is 15.0 Å². The van der Waals surface area contributed by atoms with Gasteiger partial charge >= 0.3 is 5.97 Å². The average Bonchev–Trinajstić information content (AvgIpc) is 2.95. The van der Waals surface area contributed by atoms with Gasteiger partial charge in [0.1, 0.15) is 11.6 Å². The molecule has 0 saturated carbocycles. The van der Waals surface area contributed by atoms with Crippen LogP contribution in [0.4, 0.5) is 5.82 Å². The molecule has 3 aromatic heterocycles. The lowest BCUT2D eigenvalue weighted by Gasteiger charge is -2.04. The van der Waals surface area contributed by atoms with E-state index in [4.69, 9.17) is 5.11 Å². The molecule has 10 heteroatoms. The van der Waals surface area contributed by atoms with Crippen molar-refractivity contribution < 1.29 is 9.90 Å². The number of hydrogen-bond acceptors (Lipinski definition) is 7. The van der Waals surface area contributed by atoms with Crippen LogP contribution in [0.5, 0.6) is 0 Å². The molecule has 0 amide bonds. The molecule has 0 bridgehead atoms. The zero-order valence-corrected chi connectivity index (χ0v) is 12.2. The van der Waals surface area contributed by atoms with Crippen LogP contribution in [-0.2, 0) is 13.5 Å². The Labute approximate surface area is 129 Å². The predicted molar refractivity (Wildman–Crippen MR) is 79.4 cm³/mol. The molecule has 0 aliphatic heterocycles. The van der Waals surface area contributed by atoms with E-state index in [1.807, 2.05) is 0 Å². The average molecular weight is 315 g/mol. The summed E-state index contributed by atoms with van der Waals surface area (Å²) in [7, 11) is 1.65. The first kappa shape index (κ1) is 14.6. The van der Waals surface area contributed by atoms with Crippen molar-refractivity contribution in [2.75, 3.05) is 11.9 Å². The molecule has 0 fully saturated rings. The number of aromatic nitrogens is 6. The molecule has 0 aromatic carbocycles. The fourth-order valence-corrected chi connectivity index (χ4v) is 2.02. The Hall–Kier alpha value is -3.30. The molecule has 2 N–H and O–H groups in total. The van der Waals surface area contributed by atoms with Gasteiger partial charge in [0.25, 0.3) is 5.56 Å². The van der Waals surface area contributed by atoms with Gasteiger partial charge in [0.15, 0.2) is 5.69 Å². The lowest BCUT2D eigenvalue weighted by Crippen LogP contribution is -2.19. The van der Waals surface area contributed by atoms with Gasteiger partial charge in [-0.25, -0.2) is 14.8 Å². The molecular formula is C13H13N7O3. The summed E-state index contributed by atoms with van der Waals surface area (Å²) in [6.45, 7) is 0.483. The van der Waals surface area contributed by atoms with Crippen LogP contribution in [0, 0.1) is 0 Å². The van der Waals surface area contributed by atoms with Crippen LogP contribution >= 0.6 is 0 Å². The largest absolute Gasteiger partial charge is 0.476 e. The quantitative estimate of drug-likeness (QED) is 0.649. The minimum atomic E-state index is -1.12. The number of aryl methyl sites for hydroxylation is 1. The standard InChI is InChI=1S/C13H13N7O3/c1-19-4-5-20-10(17-18-11(20)12(19)21)2-3-14-9-7-15-8(6-16-9)13(22)23/h4-7H,2-3H2,1H3,(H,14,16)(H,22,23). The van der Waals surface area contributed by atoms with Crippen LogP contribution in [0.2, 0.25) is 0 Å². The first-order valence-electron chi connectivity index (χ1n) is 6.74. The number of rotatable bonds is 5. The van der Waals surface area contributed by atoms with Gasteiger partial charge in [-0.15, -0.1) is 10.2 Å². The number of carboxylic acid groups (broad SMARTS) is 1. The highest BCUT2D eigenvalue weighted by Crippen LogP contribution is 2.03. The number of carbonyl (C=O) groups is 1. The smallest absolute Gasteiger partial charge is 0.356 e. The molecule has 0 spiro atoms. The summed E-state index contributed by atoms with van der Waals surface area (Å²) in [5, 5.41) is 19.7. The maximum Gasteiger partial charge on any atom is 0.356 e. The zero-order chi connectivity index (χ0) is 16.4. The third-order valence-electron chi connectivity index (χ3n) is 3.24. The number of nitrogens with one attached hydrogen (secondary N) is 1. The van der Waals surface area contributed by atoms with Gasteiger partial charge in [0, 0.05) is 32.4 Å². The summed E-state index contributed by atoms with van der Waals surface area (Å²) >= 11 is 0. The van der Waals surface area contributed by atoms with Crippen molar-refractivity contribution in [2.45, 2.75) is 6.42 Å². The van der Waals surface area contributed by atoms with Crippen molar-refractivity contribution in [3.8, 4) is 0 Å². The van der Waals surface area contributed by atoms with Crippen molar-refractivity contribution in [1.82, 2.24) is 29.1 Å². The summed E-state index contributed by atoms with van der Waals surface area (Å²) in [6.07, 6.45) is 6.41. The van der Waals surface area contributed by atoms with Crippen LogP contribution in [0.3, 0.4) is 0 Å². The SMILES string of the molecule is Cn1ccn2c(CCNc3cnc(C(=O)O)cn3)nnc2c1=O. The first-order valence-corrected chi connectivity index (χ1v) is 6.74. The van der Waals surface area contributed by atoms with Crippen molar-refractivity contribution in [2.24, 2.45) is 7.05 Å². The molecule has 3 rings (SSSR count). The summed E-state index contributed by atoms with van der Waals surface area (Å²) in [5.74, 6) is -0.0272. The number of hydrogen-bond donors (Lipinski definition) is 2. The fraction of sp³-hybridized carbons (Fsp3) is 0.231. The Morgan fingerprint density at radius 3 is 2.78 bits per heavy atom. The lowest BCUT2D eigenvalue weighted by atomic mass is 10.4. The maximum absolute atomic E-state index is 11.9. The third-order valence-corrected chi connectivity index (χ3v) is 3.24. The second-order valence-corrected chi connectivity index (χ2v) is 4.79. The number of nitrogens with zero attached hydrogens (tertiary/aromatic N) is 6. The van der Waals surface area contributed by atoms with E-state index in [0.29, 0.717) is 24.6 Å². The molecule has 0 atom stereocenters. The second kappa shape index (κ2) is 5.83. The van der Waals surface area contributed by atoms with E-state index in [0.717, 1.165) is 0 Å². The fourth-order valence-electron chi connectivity index (χ4n) is 2.02. The molecular weight excluding hydrogens is 302 g/mol. The highest BCUT2D eigenvalue weighted by molar-refractivity contribution is 5.84.